The van der Waals surface area contributed by atoms with Crippen LogP contribution in [0.15, 0.2) is 0 Å². The maximum atomic E-state index is 11.9. The molecular formula is C4HClF8O. The predicted octanol–water partition coefficient (Wildman–Crippen LogP) is 3.29. The molecule has 0 aliphatic heterocycles. The summed E-state index contributed by atoms with van der Waals surface area (Å²) in [6, 6.07) is 0. The Morgan fingerprint density at radius 1 is 0.929 bits per heavy atom. The van der Waals surface area contributed by atoms with Crippen molar-refractivity contribution in [2.24, 2.45) is 0 Å². The molecule has 0 aliphatic carbocycles. The number of rotatable bonds is 4. The van der Waals surface area contributed by atoms with Gasteiger partial charge in [0, 0.05) is 0 Å². The third-order valence-corrected chi connectivity index (χ3v) is 1.07. The molecule has 0 heterocycles. The lowest BCUT2D eigenvalue weighted by Crippen LogP contribution is -2.46. The summed E-state index contributed by atoms with van der Waals surface area (Å²) in [5.74, 6) is 0. The van der Waals surface area contributed by atoms with Crippen molar-refractivity contribution in [3.63, 3.8) is 0 Å². The van der Waals surface area contributed by atoms with E-state index in [0.717, 1.165) is 0 Å². The van der Waals surface area contributed by atoms with E-state index in [1.54, 1.807) is 0 Å². The van der Waals surface area contributed by atoms with Crippen molar-refractivity contribution in [2.75, 3.05) is 0 Å². The maximum absolute atomic E-state index is 11.9. The van der Waals surface area contributed by atoms with Crippen molar-refractivity contribution < 1.29 is 39.9 Å². The summed E-state index contributed by atoms with van der Waals surface area (Å²) in [6.07, 6.45) is -16.3. The molecular weight excluding hydrogens is 251 g/mol. The lowest BCUT2D eigenvalue weighted by molar-refractivity contribution is -0.435. The molecule has 86 valence electrons. The Hall–Kier alpha value is -0.310. The minimum Gasteiger partial charge on any atom is -0.245 e. The van der Waals surface area contributed by atoms with Gasteiger partial charge < -0.3 is 0 Å². The number of ether oxygens (including phenoxy) is 1. The van der Waals surface area contributed by atoms with Gasteiger partial charge in [-0.05, 0) is 11.6 Å². The molecule has 0 unspecified atom stereocenters. The van der Waals surface area contributed by atoms with Crippen LogP contribution in [0.5, 0.6) is 0 Å². The van der Waals surface area contributed by atoms with E-state index in [0.29, 0.717) is 0 Å². The van der Waals surface area contributed by atoms with E-state index in [1.807, 2.05) is 4.74 Å². The monoisotopic (exact) mass is 252 g/mol. The first kappa shape index (κ1) is 13.7. The molecule has 0 aliphatic rings. The molecule has 0 atom stereocenters. The highest BCUT2D eigenvalue weighted by Gasteiger charge is 2.63. The minimum absolute atomic E-state index is 1.95. The van der Waals surface area contributed by atoms with Gasteiger partial charge >= 0.3 is 24.0 Å². The predicted molar refractivity (Wildman–Crippen MR) is 27.8 cm³/mol. The number of hydrogen-bond donors (Lipinski definition) is 0. The molecule has 1 nitrogen and oxygen atoms in total. The summed E-state index contributed by atoms with van der Waals surface area (Å²) in [5, 5.41) is -5.51. The summed E-state index contributed by atoms with van der Waals surface area (Å²) < 4.78 is 94.8. The summed E-state index contributed by atoms with van der Waals surface area (Å²) in [7, 11) is 0. The van der Waals surface area contributed by atoms with Crippen LogP contribution in [-0.4, -0.2) is 24.0 Å². The molecule has 0 spiro atoms. The van der Waals surface area contributed by atoms with Gasteiger partial charge in [0.05, 0.1) is 0 Å². The maximum Gasteiger partial charge on any atom is 0.439 e. The first-order valence-corrected chi connectivity index (χ1v) is 3.08. The quantitative estimate of drug-likeness (QED) is 0.551. The minimum atomic E-state index is -5.89. The van der Waals surface area contributed by atoms with Crippen molar-refractivity contribution in [3.8, 4) is 0 Å². The first-order chi connectivity index (χ1) is 5.90. The van der Waals surface area contributed by atoms with Crippen LogP contribution in [0.1, 0.15) is 0 Å². The number of alkyl halides is 9. The molecule has 0 saturated carbocycles. The zero-order chi connectivity index (χ0) is 11.8. The Morgan fingerprint density at radius 3 is 1.50 bits per heavy atom. The van der Waals surface area contributed by atoms with Gasteiger partial charge in [0.1, 0.15) is 0 Å². The second kappa shape index (κ2) is 3.69. The lowest BCUT2D eigenvalue weighted by atomic mass is 10.6. The Kier molecular flexibility index (Phi) is 3.60. The molecule has 0 aromatic carbocycles. The van der Waals surface area contributed by atoms with Crippen LogP contribution >= 0.6 is 11.6 Å². The normalized spacial score (nSPS) is 15.0. The second-order valence-electron chi connectivity index (χ2n) is 1.98. The fourth-order valence-corrected chi connectivity index (χ4v) is 0.312. The van der Waals surface area contributed by atoms with Crippen LogP contribution in [-0.2, 0) is 4.74 Å². The van der Waals surface area contributed by atoms with Crippen LogP contribution in [0.3, 0.4) is 0 Å². The second-order valence-corrected chi connectivity index (χ2v) is 2.45. The fourth-order valence-electron chi connectivity index (χ4n) is 0.273. The van der Waals surface area contributed by atoms with Crippen molar-refractivity contribution >= 4 is 11.6 Å². The molecule has 0 fully saturated rings. The van der Waals surface area contributed by atoms with Crippen LogP contribution in [0.25, 0.3) is 0 Å². The third kappa shape index (κ3) is 3.12. The average Bonchev–Trinajstić information content (AvgIpc) is 1.80. The fraction of sp³-hybridized carbons (Fsp3) is 1.00. The smallest absolute Gasteiger partial charge is 0.245 e. The Labute approximate surface area is 76.6 Å². The molecule has 0 radical (unpaired) electrons. The Bertz CT molecular complexity index is 198. The summed E-state index contributed by atoms with van der Waals surface area (Å²) in [4.78, 5) is 0. The topological polar surface area (TPSA) is 9.23 Å². The zero-order valence-electron chi connectivity index (χ0n) is 5.89. The van der Waals surface area contributed by atoms with Gasteiger partial charge in [-0.2, -0.15) is 26.3 Å². The van der Waals surface area contributed by atoms with Crippen molar-refractivity contribution in [2.45, 2.75) is 24.0 Å². The summed E-state index contributed by atoms with van der Waals surface area (Å²) in [6.45, 7) is 0. The van der Waals surface area contributed by atoms with Gasteiger partial charge in [-0.1, -0.05) is 0 Å². The average molecular weight is 252 g/mol. The number of hydrogen-bond acceptors (Lipinski definition) is 1. The van der Waals surface area contributed by atoms with E-state index in [2.05, 4.69) is 11.6 Å². The molecule has 0 N–H and O–H groups in total. The molecule has 0 aromatic rings. The van der Waals surface area contributed by atoms with E-state index in [1.165, 1.54) is 0 Å². The van der Waals surface area contributed by atoms with Gasteiger partial charge in [-0.15, -0.1) is 0 Å². The summed E-state index contributed by atoms with van der Waals surface area (Å²) >= 11 is 3.65. The SMILES string of the molecule is FC(F)C(F)(F)OC(F)(F)C(F)(F)Cl. The molecule has 0 saturated heterocycles. The van der Waals surface area contributed by atoms with Gasteiger partial charge in [0.2, 0.25) is 0 Å². The summed E-state index contributed by atoms with van der Waals surface area (Å²) in [5.41, 5.74) is 0. The number of halogens is 9. The molecule has 0 bridgehead atoms. The van der Waals surface area contributed by atoms with Gasteiger partial charge in [-0.25, -0.2) is 13.5 Å². The highest BCUT2D eigenvalue weighted by molar-refractivity contribution is 6.22. The highest BCUT2D eigenvalue weighted by atomic mass is 35.5. The van der Waals surface area contributed by atoms with E-state index in [9.17, 15) is 35.1 Å². The van der Waals surface area contributed by atoms with Crippen LogP contribution in [0.2, 0.25) is 0 Å². The molecule has 0 aromatic heterocycles. The van der Waals surface area contributed by atoms with Crippen molar-refractivity contribution in [1.29, 1.82) is 0 Å². The Balaban J connectivity index is 4.67. The van der Waals surface area contributed by atoms with E-state index in [-0.39, 0.29) is 0 Å². The molecule has 0 rings (SSSR count). The Morgan fingerprint density at radius 2 is 1.29 bits per heavy atom. The van der Waals surface area contributed by atoms with E-state index in [4.69, 9.17) is 0 Å². The van der Waals surface area contributed by atoms with Crippen molar-refractivity contribution in [3.05, 3.63) is 0 Å². The van der Waals surface area contributed by atoms with Crippen LogP contribution in [0.4, 0.5) is 35.1 Å². The van der Waals surface area contributed by atoms with Crippen molar-refractivity contribution in [1.82, 2.24) is 0 Å². The van der Waals surface area contributed by atoms with E-state index < -0.39 is 24.0 Å². The molecule has 14 heavy (non-hydrogen) atoms. The lowest BCUT2D eigenvalue weighted by Gasteiger charge is -2.25. The first-order valence-electron chi connectivity index (χ1n) is 2.71. The van der Waals surface area contributed by atoms with Gasteiger partial charge in [-0.3, -0.25) is 0 Å². The zero-order valence-corrected chi connectivity index (χ0v) is 6.64. The highest BCUT2D eigenvalue weighted by Crippen LogP contribution is 2.43. The molecule has 10 heteroatoms. The largest absolute Gasteiger partial charge is 0.439 e. The third-order valence-electron chi connectivity index (χ3n) is 0.848. The van der Waals surface area contributed by atoms with Crippen LogP contribution < -0.4 is 0 Å². The van der Waals surface area contributed by atoms with E-state index >= 15 is 0 Å². The van der Waals surface area contributed by atoms with Crippen LogP contribution in [0, 0.1) is 0 Å². The molecule has 0 amide bonds. The van der Waals surface area contributed by atoms with Gasteiger partial charge in [0.15, 0.2) is 0 Å². The standard InChI is InChI=1S/C4HClF8O/c5-3(10,11)4(12,13)14-2(8,9)1(6)7/h1H. The van der Waals surface area contributed by atoms with Gasteiger partial charge in [0.25, 0.3) is 0 Å².